The van der Waals surface area contributed by atoms with Gasteiger partial charge in [0.15, 0.2) is 0 Å². The Morgan fingerprint density at radius 2 is 1.93 bits per heavy atom. The van der Waals surface area contributed by atoms with E-state index in [1.54, 1.807) is 0 Å². The standard InChI is InChI=1S/C8H18BNO2.CO2/c1-2-5-8(10)6-3-4-7-9(11)12;2-1-3/h2,8,11-12H,1,3-7,10H2;/t8-;/m0./s1. The summed E-state index contributed by atoms with van der Waals surface area (Å²) in [5, 5.41) is 17.1. The van der Waals surface area contributed by atoms with Crippen molar-refractivity contribution < 1.29 is 19.6 Å². The van der Waals surface area contributed by atoms with Crippen molar-refractivity contribution in [2.24, 2.45) is 5.73 Å². The predicted molar refractivity (Wildman–Crippen MR) is 56.6 cm³/mol. The normalized spacial score (nSPS) is 10.6. The van der Waals surface area contributed by atoms with E-state index in [0.29, 0.717) is 6.32 Å². The van der Waals surface area contributed by atoms with Gasteiger partial charge in [-0.05, 0) is 19.2 Å². The van der Waals surface area contributed by atoms with Gasteiger partial charge in [-0.1, -0.05) is 18.9 Å². The summed E-state index contributed by atoms with van der Waals surface area (Å²) in [6, 6.07) is 0.179. The highest BCUT2D eigenvalue weighted by atomic mass is 16.4. The molecule has 0 saturated carbocycles. The molecule has 1 atom stereocenters. The van der Waals surface area contributed by atoms with Gasteiger partial charge in [0.05, 0.1) is 0 Å². The van der Waals surface area contributed by atoms with E-state index >= 15 is 0 Å². The molecule has 4 N–H and O–H groups in total. The molecule has 0 saturated heterocycles. The van der Waals surface area contributed by atoms with E-state index in [4.69, 9.17) is 25.4 Å². The summed E-state index contributed by atoms with van der Waals surface area (Å²) < 4.78 is 0. The molecule has 0 rings (SSSR count). The Bertz CT molecular complexity index is 181. The molecule has 0 aliphatic carbocycles. The minimum Gasteiger partial charge on any atom is -0.427 e. The Morgan fingerprint density at radius 3 is 2.33 bits per heavy atom. The molecule has 0 aromatic carbocycles. The van der Waals surface area contributed by atoms with Crippen molar-refractivity contribution in [1.29, 1.82) is 0 Å². The maximum atomic E-state index is 8.53. The summed E-state index contributed by atoms with van der Waals surface area (Å²) in [6.45, 7) is 3.60. The highest BCUT2D eigenvalue weighted by molar-refractivity contribution is 6.40. The van der Waals surface area contributed by atoms with Gasteiger partial charge in [-0.25, -0.2) is 0 Å². The maximum absolute atomic E-state index is 8.53. The average molecular weight is 215 g/mol. The molecule has 86 valence electrons. The van der Waals surface area contributed by atoms with Crippen molar-refractivity contribution in [2.75, 3.05) is 0 Å². The van der Waals surface area contributed by atoms with E-state index in [1.165, 1.54) is 0 Å². The molecule has 0 amide bonds. The van der Waals surface area contributed by atoms with Crippen LogP contribution in [0.15, 0.2) is 12.7 Å². The summed E-state index contributed by atoms with van der Waals surface area (Å²) in [4.78, 5) is 16.2. The molecule has 0 aliphatic heterocycles. The fourth-order valence-electron chi connectivity index (χ4n) is 1.07. The number of rotatable bonds is 7. The lowest BCUT2D eigenvalue weighted by molar-refractivity contribution is -0.191. The van der Waals surface area contributed by atoms with Crippen LogP contribution >= 0.6 is 0 Å². The molecule has 15 heavy (non-hydrogen) atoms. The van der Waals surface area contributed by atoms with Crippen LogP contribution in [0.2, 0.25) is 6.32 Å². The van der Waals surface area contributed by atoms with Crippen LogP contribution in [0, 0.1) is 0 Å². The fourth-order valence-corrected chi connectivity index (χ4v) is 1.07. The highest BCUT2D eigenvalue weighted by Crippen LogP contribution is 2.05. The van der Waals surface area contributed by atoms with Crippen LogP contribution in [0.4, 0.5) is 0 Å². The average Bonchev–Trinajstić information content (AvgIpc) is 2.14. The zero-order valence-electron chi connectivity index (χ0n) is 8.76. The third-order valence-electron chi connectivity index (χ3n) is 1.76. The van der Waals surface area contributed by atoms with Gasteiger partial charge in [0.1, 0.15) is 0 Å². The quantitative estimate of drug-likeness (QED) is 0.314. The van der Waals surface area contributed by atoms with Crippen LogP contribution in [0.3, 0.4) is 0 Å². The van der Waals surface area contributed by atoms with Crippen LogP contribution in [-0.2, 0) is 9.59 Å². The monoisotopic (exact) mass is 215 g/mol. The minimum absolute atomic E-state index is 0.179. The first-order valence-corrected chi connectivity index (χ1v) is 4.80. The number of hydrogen-bond acceptors (Lipinski definition) is 5. The SMILES string of the molecule is C=CC[C@H](N)CCCCB(O)O.O=C=O. The Labute approximate surface area is 90.1 Å². The maximum Gasteiger partial charge on any atom is 0.451 e. The van der Waals surface area contributed by atoms with Crippen molar-refractivity contribution >= 4 is 13.3 Å². The third kappa shape index (κ3) is 19.5. The Morgan fingerprint density at radius 1 is 1.40 bits per heavy atom. The first kappa shape index (κ1) is 16.5. The number of hydrogen-bond donors (Lipinski definition) is 3. The van der Waals surface area contributed by atoms with Crippen LogP contribution in [0.25, 0.3) is 0 Å². The van der Waals surface area contributed by atoms with Gasteiger partial charge in [0, 0.05) is 6.04 Å². The molecule has 5 nitrogen and oxygen atoms in total. The molecule has 0 heterocycles. The molecule has 6 heteroatoms. The van der Waals surface area contributed by atoms with Gasteiger partial charge in [-0.15, -0.1) is 6.58 Å². The lowest BCUT2D eigenvalue weighted by atomic mass is 9.83. The first-order valence-electron chi connectivity index (χ1n) is 4.80. The van der Waals surface area contributed by atoms with Gasteiger partial charge in [-0.2, -0.15) is 9.59 Å². The second-order valence-electron chi connectivity index (χ2n) is 3.13. The zero-order chi connectivity index (χ0) is 12.1. The lowest BCUT2D eigenvalue weighted by Crippen LogP contribution is -2.18. The summed E-state index contributed by atoms with van der Waals surface area (Å²) in [7, 11) is -1.17. The van der Waals surface area contributed by atoms with Gasteiger partial charge in [0.25, 0.3) is 0 Å². The van der Waals surface area contributed by atoms with Crippen LogP contribution in [0.1, 0.15) is 25.7 Å². The van der Waals surface area contributed by atoms with E-state index < -0.39 is 7.12 Å². The molecule has 0 unspecified atom stereocenters. The molecule has 0 bridgehead atoms. The molecule has 0 radical (unpaired) electrons. The Hall–Kier alpha value is -0.935. The summed E-state index contributed by atoms with van der Waals surface area (Å²) >= 11 is 0. The van der Waals surface area contributed by atoms with Gasteiger partial charge in [-0.3, -0.25) is 0 Å². The largest absolute Gasteiger partial charge is 0.451 e. The molecule has 0 aliphatic rings. The van der Waals surface area contributed by atoms with E-state index in [0.717, 1.165) is 25.7 Å². The van der Waals surface area contributed by atoms with Crippen molar-refractivity contribution in [3.8, 4) is 0 Å². The van der Waals surface area contributed by atoms with E-state index in [2.05, 4.69) is 6.58 Å². The minimum atomic E-state index is -1.17. The van der Waals surface area contributed by atoms with Crippen molar-refractivity contribution in [2.45, 2.75) is 38.0 Å². The van der Waals surface area contributed by atoms with Crippen molar-refractivity contribution in [1.82, 2.24) is 0 Å². The van der Waals surface area contributed by atoms with Crippen LogP contribution in [-0.4, -0.2) is 29.4 Å². The number of carbonyl (C=O) groups excluding carboxylic acids is 2. The topological polar surface area (TPSA) is 101 Å². The van der Waals surface area contributed by atoms with E-state index in [9.17, 15) is 0 Å². The smallest absolute Gasteiger partial charge is 0.427 e. The molecular weight excluding hydrogens is 197 g/mol. The van der Waals surface area contributed by atoms with E-state index in [1.807, 2.05) is 6.08 Å². The molecule has 0 aromatic heterocycles. The molecular formula is C9H18BNO4. The Balaban J connectivity index is 0. The predicted octanol–water partition coefficient (Wildman–Crippen LogP) is -0.0506. The zero-order valence-corrected chi connectivity index (χ0v) is 8.76. The third-order valence-corrected chi connectivity index (χ3v) is 1.76. The highest BCUT2D eigenvalue weighted by Gasteiger charge is 2.06. The van der Waals surface area contributed by atoms with Gasteiger partial charge in [0.2, 0.25) is 0 Å². The summed E-state index contributed by atoms with van der Waals surface area (Å²) in [5.41, 5.74) is 5.70. The Kier molecular flexibility index (Phi) is 14.4. The molecule has 0 aromatic rings. The first-order chi connectivity index (χ1) is 7.08. The van der Waals surface area contributed by atoms with Crippen LogP contribution in [0.5, 0.6) is 0 Å². The lowest BCUT2D eigenvalue weighted by Gasteiger charge is -2.07. The van der Waals surface area contributed by atoms with Crippen molar-refractivity contribution in [3.05, 3.63) is 12.7 Å². The molecule has 0 fully saturated rings. The van der Waals surface area contributed by atoms with E-state index in [-0.39, 0.29) is 12.2 Å². The molecule has 0 spiro atoms. The summed E-state index contributed by atoms with van der Waals surface area (Å²) in [5.74, 6) is 0. The second-order valence-corrected chi connectivity index (χ2v) is 3.13. The number of nitrogens with two attached hydrogens (primary N) is 1. The van der Waals surface area contributed by atoms with Crippen LogP contribution < -0.4 is 5.73 Å². The summed E-state index contributed by atoms with van der Waals surface area (Å²) in [6.07, 6.45) is 6.04. The van der Waals surface area contributed by atoms with Crippen molar-refractivity contribution in [3.63, 3.8) is 0 Å². The van der Waals surface area contributed by atoms with Gasteiger partial charge >= 0.3 is 13.3 Å². The second kappa shape index (κ2) is 13.1. The van der Waals surface area contributed by atoms with Gasteiger partial charge < -0.3 is 15.8 Å². The number of unbranched alkanes of at least 4 members (excludes halogenated alkanes) is 1. The fraction of sp³-hybridized carbons (Fsp3) is 0.667.